The molecule has 0 radical (unpaired) electrons. The van der Waals surface area contributed by atoms with Gasteiger partial charge in [-0.2, -0.15) is 18.2 Å². The van der Waals surface area contributed by atoms with E-state index in [1.54, 1.807) is 11.8 Å². The molecule has 2 N–H and O–H groups in total. The minimum Gasteiger partial charge on any atom is -0.348 e. The van der Waals surface area contributed by atoms with Gasteiger partial charge in [0.1, 0.15) is 11.7 Å². The van der Waals surface area contributed by atoms with E-state index < -0.39 is 17.0 Å². The lowest BCUT2D eigenvalue weighted by Crippen LogP contribution is -2.75. The van der Waals surface area contributed by atoms with Crippen LogP contribution in [-0.2, 0) is 9.59 Å². The zero-order valence-corrected chi connectivity index (χ0v) is 18.5. The van der Waals surface area contributed by atoms with E-state index in [0.717, 1.165) is 0 Å². The summed E-state index contributed by atoms with van der Waals surface area (Å²) in [6, 6.07) is -0.404. The highest BCUT2D eigenvalue weighted by molar-refractivity contribution is 6.03. The van der Waals surface area contributed by atoms with Crippen LogP contribution in [0.4, 0.5) is 30.6 Å². The molecular formula is C21H27F3N6O2. The molecule has 0 unspecified atom stereocenters. The van der Waals surface area contributed by atoms with Crippen LogP contribution in [0.5, 0.6) is 0 Å². The fraction of sp³-hybridized carbons (Fsp3) is 0.714. The van der Waals surface area contributed by atoms with Crippen molar-refractivity contribution in [3.05, 3.63) is 5.69 Å². The number of carbonyl (C=O) groups is 2. The molecular weight excluding hydrogens is 425 g/mol. The highest BCUT2D eigenvalue weighted by Crippen LogP contribution is 2.78. The molecule has 0 aromatic carbocycles. The van der Waals surface area contributed by atoms with Gasteiger partial charge in [0.25, 0.3) is 0 Å². The van der Waals surface area contributed by atoms with Gasteiger partial charge in [0.05, 0.1) is 22.6 Å². The fourth-order valence-corrected chi connectivity index (χ4v) is 5.85. The molecule has 1 aromatic heterocycles. The van der Waals surface area contributed by atoms with Crippen LogP contribution in [0.25, 0.3) is 0 Å². The number of aryl methyl sites for hydroxylation is 1. The van der Waals surface area contributed by atoms with Crippen molar-refractivity contribution in [1.29, 1.82) is 0 Å². The smallest absolute Gasteiger partial charge is 0.348 e. The second-order valence-corrected chi connectivity index (χ2v) is 10.3. The van der Waals surface area contributed by atoms with Crippen molar-refractivity contribution in [2.24, 2.45) is 16.7 Å². The first-order chi connectivity index (χ1) is 14.9. The Kier molecular flexibility index (Phi) is 4.30. The van der Waals surface area contributed by atoms with E-state index in [1.165, 1.54) is 0 Å². The predicted octanol–water partition coefficient (Wildman–Crippen LogP) is 2.55. The summed E-state index contributed by atoms with van der Waals surface area (Å²) in [6.07, 6.45) is -4.42. The molecule has 3 heterocycles. The Labute approximate surface area is 183 Å². The van der Waals surface area contributed by atoms with E-state index in [0.29, 0.717) is 36.2 Å². The number of fused-ring (bicyclic) bond motifs is 1. The number of amides is 2. The largest absolute Gasteiger partial charge is 0.394 e. The molecule has 1 saturated heterocycles. The number of nitrogens with one attached hydrogen (secondary N) is 2. The maximum absolute atomic E-state index is 13.1. The molecule has 0 spiro atoms. The molecule has 5 aliphatic rings. The summed E-state index contributed by atoms with van der Waals surface area (Å²) < 4.78 is 39.2. The monoisotopic (exact) mass is 452 g/mol. The van der Waals surface area contributed by atoms with Crippen LogP contribution in [-0.4, -0.2) is 65.1 Å². The van der Waals surface area contributed by atoms with Crippen molar-refractivity contribution in [2.45, 2.75) is 58.3 Å². The summed E-state index contributed by atoms with van der Waals surface area (Å²) in [6.45, 7) is 6.58. The van der Waals surface area contributed by atoms with Crippen LogP contribution in [0, 0.1) is 23.7 Å². The number of likely N-dealkylation sites (tertiary alicyclic amines) is 1. The molecule has 3 aliphatic carbocycles. The molecule has 11 heteroatoms. The molecule has 174 valence electrons. The minimum absolute atomic E-state index is 0.0651. The lowest BCUT2D eigenvalue weighted by Gasteiger charge is -2.70. The molecule has 2 amide bonds. The first kappa shape index (κ1) is 21.3. The third kappa shape index (κ3) is 2.82. The van der Waals surface area contributed by atoms with Crippen LogP contribution >= 0.6 is 0 Å². The number of hydrogen-bond donors (Lipinski definition) is 2. The molecule has 1 atom stereocenters. The van der Waals surface area contributed by atoms with Crippen molar-refractivity contribution in [2.75, 3.05) is 35.7 Å². The number of nitrogens with zero attached hydrogens (tertiary/aromatic N) is 4. The van der Waals surface area contributed by atoms with Crippen LogP contribution in [0.1, 0.15) is 38.8 Å². The molecule has 1 aromatic rings. The van der Waals surface area contributed by atoms with Gasteiger partial charge in [-0.3, -0.25) is 9.59 Å². The van der Waals surface area contributed by atoms with Gasteiger partial charge in [-0.25, -0.2) is 4.98 Å². The summed E-state index contributed by atoms with van der Waals surface area (Å²) in [5.74, 6) is 0.893. The maximum Gasteiger partial charge on any atom is 0.394 e. The Balaban J connectivity index is 1.22. The van der Waals surface area contributed by atoms with Crippen molar-refractivity contribution < 1.29 is 22.8 Å². The summed E-state index contributed by atoms with van der Waals surface area (Å²) >= 11 is 0. The molecule has 4 fully saturated rings. The summed E-state index contributed by atoms with van der Waals surface area (Å²) in [7, 11) is 1.83. The van der Waals surface area contributed by atoms with Crippen LogP contribution < -0.4 is 15.5 Å². The second-order valence-electron chi connectivity index (χ2n) is 10.3. The van der Waals surface area contributed by atoms with Gasteiger partial charge in [-0.1, -0.05) is 13.8 Å². The maximum atomic E-state index is 13.1. The van der Waals surface area contributed by atoms with Gasteiger partial charge in [0, 0.05) is 20.1 Å². The van der Waals surface area contributed by atoms with E-state index in [-0.39, 0.29) is 49.1 Å². The second kappa shape index (κ2) is 6.48. The summed E-state index contributed by atoms with van der Waals surface area (Å²) in [5, 5.41) is 6.13. The zero-order chi connectivity index (χ0) is 23.2. The Hall–Kier alpha value is -2.59. The first-order valence-corrected chi connectivity index (χ1v) is 10.9. The van der Waals surface area contributed by atoms with Crippen LogP contribution in [0.3, 0.4) is 0 Å². The van der Waals surface area contributed by atoms with Crippen LogP contribution in [0.15, 0.2) is 0 Å². The third-order valence-electron chi connectivity index (χ3n) is 7.56. The highest BCUT2D eigenvalue weighted by atomic mass is 19.4. The van der Waals surface area contributed by atoms with Gasteiger partial charge >= 0.3 is 6.18 Å². The van der Waals surface area contributed by atoms with Crippen molar-refractivity contribution in [3.63, 3.8) is 0 Å². The third-order valence-corrected chi connectivity index (χ3v) is 7.56. The first-order valence-electron chi connectivity index (χ1n) is 10.9. The minimum atomic E-state index is -4.21. The van der Waals surface area contributed by atoms with Crippen LogP contribution in [0.2, 0.25) is 0 Å². The van der Waals surface area contributed by atoms with Gasteiger partial charge in [-0.15, -0.1) is 0 Å². The predicted molar refractivity (Wildman–Crippen MR) is 111 cm³/mol. The number of hydrogen-bond acceptors (Lipinski definition) is 6. The topological polar surface area (TPSA) is 90.5 Å². The number of anilines is 3. The van der Waals surface area contributed by atoms with E-state index in [9.17, 15) is 22.8 Å². The molecule has 6 rings (SSSR count). The number of alkyl halides is 3. The molecule has 32 heavy (non-hydrogen) atoms. The SMILES string of the molecule is Cc1nc(NC2CN(C(=O)C34CC(C(F)(F)F)(C3)C4)C2)nc2c1NC(=O)[C@H](C(C)C)N2C. The molecule has 2 bridgehead atoms. The Bertz CT molecular complexity index is 984. The van der Waals surface area contributed by atoms with Gasteiger partial charge < -0.3 is 20.4 Å². The molecule has 8 nitrogen and oxygen atoms in total. The summed E-state index contributed by atoms with van der Waals surface area (Å²) in [5.41, 5.74) is -1.19. The van der Waals surface area contributed by atoms with E-state index in [1.807, 2.05) is 25.8 Å². The number of aromatic nitrogens is 2. The number of rotatable bonds is 4. The quantitative estimate of drug-likeness (QED) is 0.730. The number of halogens is 3. The lowest BCUT2D eigenvalue weighted by atomic mass is 9.34. The summed E-state index contributed by atoms with van der Waals surface area (Å²) in [4.78, 5) is 37.7. The van der Waals surface area contributed by atoms with Gasteiger partial charge in [-0.05, 0) is 32.1 Å². The Morgan fingerprint density at radius 2 is 1.84 bits per heavy atom. The average molecular weight is 452 g/mol. The number of likely N-dealkylation sites (N-methyl/N-ethyl adjacent to an activating group) is 1. The molecule has 2 aliphatic heterocycles. The van der Waals surface area contributed by atoms with Gasteiger partial charge in [0.15, 0.2) is 5.82 Å². The highest BCUT2D eigenvalue weighted by Gasteiger charge is 2.81. The van der Waals surface area contributed by atoms with E-state index in [4.69, 9.17) is 0 Å². The lowest BCUT2D eigenvalue weighted by molar-refractivity contribution is -0.353. The Morgan fingerprint density at radius 1 is 1.22 bits per heavy atom. The average Bonchev–Trinajstić information content (AvgIpc) is 2.54. The standard InChI is InChI=1S/C21H27F3N6O2/c1-10(2)14-16(31)27-13-11(3)25-18(28-15(13)29(14)4)26-12-5-30(6-12)17(32)19-7-20(8-19,9-19)21(22,23)24/h10,12,14H,5-9H2,1-4H3,(H,27,31)(H,25,26,28)/t14-,19?,20?/m0/s1. The van der Waals surface area contributed by atoms with Gasteiger partial charge in [0.2, 0.25) is 17.8 Å². The van der Waals surface area contributed by atoms with Crippen molar-refractivity contribution in [3.8, 4) is 0 Å². The van der Waals surface area contributed by atoms with E-state index >= 15 is 0 Å². The normalized spacial score (nSPS) is 31.4. The Morgan fingerprint density at radius 3 is 2.41 bits per heavy atom. The van der Waals surface area contributed by atoms with Crippen molar-refractivity contribution >= 4 is 29.3 Å². The van der Waals surface area contributed by atoms with Crippen molar-refractivity contribution in [1.82, 2.24) is 14.9 Å². The number of carbonyl (C=O) groups excluding carboxylic acids is 2. The molecule has 3 saturated carbocycles. The van der Waals surface area contributed by atoms with E-state index in [2.05, 4.69) is 20.6 Å². The zero-order valence-electron chi connectivity index (χ0n) is 18.5. The fourth-order valence-electron chi connectivity index (χ4n) is 5.85.